The van der Waals surface area contributed by atoms with Crippen molar-refractivity contribution in [3.05, 3.63) is 34.3 Å². The first-order valence-corrected chi connectivity index (χ1v) is 5.19. The van der Waals surface area contributed by atoms with Crippen LogP contribution in [0, 0.1) is 6.92 Å². The first kappa shape index (κ1) is 10.5. The monoisotopic (exact) mass is 225 g/mol. The number of hydrogen-bond acceptors (Lipinski definition) is 2. The van der Waals surface area contributed by atoms with Gasteiger partial charge in [0, 0.05) is 11.6 Å². The molecule has 0 spiro atoms. The standard InChI is InChI=1S/C11H12ClNO2/c1-7-4-8(2-3-9(7)12)10-5-13-11(14)6-15-10/h2-4,10H,5-6H2,1H3,(H,13,14). The number of amides is 1. The van der Waals surface area contributed by atoms with Crippen LogP contribution in [0.1, 0.15) is 17.2 Å². The minimum Gasteiger partial charge on any atom is -0.362 e. The van der Waals surface area contributed by atoms with Gasteiger partial charge in [0.05, 0.1) is 0 Å². The highest BCUT2D eigenvalue weighted by Gasteiger charge is 2.20. The van der Waals surface area contributed by atoms with Gasteiger partial charge in [-0.2, -0.15) is 0 Å². The molecule has 1 N–H and O–H groups in total. The SMILES string of the molecule is Cc1cc(C2CNC(=O)CO2)ccc1Cl. The van der Waals surface area contributed by atoms with Gasteiger partial charge >= 0.3 is 0 Å². The molecule has 1 amide bonds. The van der Waals surface area contributed by atoms with Gasteiger partial charge in [-0.15, -0.1) is 0 Å². The lowest BCUT2D eigenvalue weighted by Gasteiger charge is -2.23. The van der Waals surface area contributed by atoms with Gasteiger partial charge in [-0.25, -0.2) is 0 Å². The molecule has 0 saturated carbocycles. The molecule has 2 rings (SSSR count). The summed E-state index contributed by atoms with van der Waals surface area (Å²) in [5.41, 5.74) is 2.08. The molecule has 1 saturated heterocycles. The molecular formula is C11H12ClNO2. The van der Waals surface area contributed by atoms with Crippen LogP contribution in [0.3, 0.4) is 0 Å². The van der Waals surface area contributed by atoms with E-state index in [0.717, 1.165) is 16.1 Å². The minimum atomic E-state index is -0.0584. The van der Waals surface area contributed by atoms with Crippen molar-refractivity contribution in [2.24, 2.45) is 0 Å². The predicted octanol–water partition coefficient (Wildman–Crippen LogP) is 1.84. The summed E-state index contributed by atoms with van der Waals surface area (Å²) < 4.78 is 5.42. The van der Waals surface area contributed by atoms with Gasteiger partial charge in [0.1, 0.15) is 12.7 Å². The Kier molecular flexibility index (Phi) is 2.93. The zero-order valence-corrected chi connectivity index (χ0v) is 9.17. The van der Waals surface area contributed by atoms with Crippen LogP contribution < -0.4 is 5.32 Å². The lowest BCUT2D eigenvalue weighted by molar-refractivity contribution is -0.133. The average Bonchev–Trinajstić information content (AvgIpc) is 2.23. The maximum absolute atomic E-state index is 10.9. The number of carbonyl (C=O) groups excluding carboxylic acids is 1. The Bertz CT molecular complexity index is 382. The highest BCUT2D eigenvalue weighted by atomic mass is 35.5. The maximum atomic E-state index is 10.9. The lowest BCUT2D eigenvalue weighted by Crippen LogP contribution is -2.38. The molecule has 1 aliphatic heterocycles. The van der Waals surface area contributed by atoms with Gasteiger partial charge in [-0.05, 0) is 24.1 Å². The summed E-state index contributed by atoms with van der Waals surface area (Å²) in [6, 6.07) is 5.77. The second-order valence-electron chi connectivity index (χ2n) is 3.61. The molecule has 80 valence electrons. The summed E-state index contributed by atoms with van der Waals surface area (Å²) in [6.45, 7) is 2.61. The molecule has 0 bridgehead atoms. The Morgan fingerprint density at radius 3 is 2.93 bits per heavy atom. The Morgan fingerprint density at radius 2 is 2.33 bits per heavy atom. The van der Waals surface area contributed by atoms with Crippen LogP contribution in [-0.2, 0) is 9.53 Å². The van der Waals surface area contributed by atoms with Gasteiger partial charge in [0.2, 0.25) is 5.91 Å². The number of hydrogen-bond donors (Lipinski definition) is 1. The molecule has 1 atom stereocenters. The van der Waals surface area contributed by atoms with Crippen LogP contribution in [0.2, 0.25) is 5.02 Å². The fourth-order valence-corrected chi connectivity index (χ4v) is 1.69. The minimum absolute atomic E-state index is 0.0568. The van der Waals surface area contributed by atoms with Gasteiger partial charge < -0.3 is 10.1 Å². The van der Waals surface area contributed by atoms with E-state index >= 15 is 0 Å². The number of aryl methyl sites for hydroxylation is 1. The molecule has 1 heterocycles. The zero-order valence-electron chi connectivity index (χ0n) is 8.42. The van der Waals surface area contributed by atoms with E-state index in [1.54, 1.807) is 0 Å². The van der Waals surface area contributed by atoms with Crippen molar-refractivity contribution in [1.82, 2.24) is 5.32 Å². The number of benzene rings is 1. The Hall–Kier alpha value is -1.06. The molecule has 1 aliphatic rings. The molecule has 3 nitrogen and oxygen atoms in total. The topological polar surface area (TPSA) is 38.3 Å². The molecule has 15 heavy (non-hydrogen) atoms. The molecule has 1 aromatic carbocycles. The number of ether oxygens (including phenoxy) is 1. The Labute approximate surface area is 93.4 Å². The van der Waals surface area contributed by atoms with Crippen molar-refractivity contribution in [2.75, 3.05) is 13.2 Å². The molecule has 0 aromatic heterocycles. The molecule has 1 unspecified atom stereocenters. The molecule has 1 aromatic rings. The van der Waals surface area contributed by atoms with Crippen molar-refractivity contribution in [2.45, 2.75) is 13.0 Å². The van der Waals surface area contributed by atoms with E-state index in [0.29, 0.717) is 6.54 Å². The molecule has 0 aliphatic carbocycles. The van der Waals surface area contributed by atoms with E-state index in [1.165, 1.54) is 0 Å². The normalized spacial score (nSPS) is 21.2. The van der Waals surface area contributed by atoms with E-state index < -0.39 is 0 Å². The van der Waals surface area contributed by atoms with E-state index in [9.17, 15) is 4.79 Å². The second kappa shape index (κ2) is 4.21. The van der Waals surface area contributed by atoms with Gasteiger partial charge in [-0.3, -0.25) is 4.79 Å². The van der Waals surface area contributed by atoms with Crippen molar-refractivity contribution < 1.29 is 9.53 Å². The van der Waals surface area contributed by atoms with Crippen LogP contribution in [0.15, 0.2) is 18.2 Å². The van der Waals surface area contributed by atoms with Crippen molar-refractivity contribution in [3.63, 3.8) is 0 Å². The van der Waals surface area contributed by atoms with Crippen LogP contribution in [0.4, 0.5) is 0 Å². The van der Waals surface area contributed by atoms with Crippen molar-refractivity contribution in [3.8, 4) is 0 Å². The van der Waals surface area contributed by atoms with Gasteiger partial charge in [0.25, 0.3) is 0 Å². The highest BCUT2D eigenvalue weighted by molar-refractivity contribution is 6.31. The third kappa shape index (κ3) is 2.30. The third-order valence-corrected chi connectivity index (χ3v) is 2.88. The fraction of sp³-hybridized carbons (Fsp3) is 0.364. The van der Waals surface area contributed by atoms with Crippen LogP contribution >= 0.6 is 11.6 Å². The van der Waals surface area contributed by atoms with Gasteiger partial charge in [-0.1, -0.05) is 23.7 Å². The molecule has 1 fully saturated rings. The van der Waals surface area contributed by atoms with Crippen LogP contribution in [0.5, 0.6) is 0 Å². The number of nitrogens with one attached hydrogen (secondary N) is 1. The van der Waals surface area contributed by atoms with E-state index in [2.05, 4.69) is 5.32 Å². The average molecular weight is 226 g/mol. The fourth-order valence-electron chi connectivity index (χ4n) is 1.58. The molecule has 4 heteroatoms. The van der Waals surface area contributed by atoms with E-state index in [4.69, 9.17) is 16.3 Å². The summed E-state index contributed by atoms with van der Waals surface area (Å²) in [6.07, 6.45) is -0.0568. The summed E-state index contributed by atoms with van der Waals surface area (Å²) >= 11 is 5.93. The van der Waals surface area contributed by atoms with Crippen molar-refractivity contribution >= 4 is 17.5 Å². The van der Waals surface area contributed by atoms with Crippen molar-refractivity contribution in [1.29, 1.82) is 0 Å². The quantitative estimate of drug-likeness (QED) is 0.792. The number of carbonyl (C=O) groups is 1. The second-order valence-corrected chi connectivity index (χ2v) is 4.02. The van der Waals surface area contributed by atoms with E-state index in [-0.39, 0.29) is 18.6 Å². The largest absolute Gasteiger partial charge is 0.362 e. The summed E-state index contributed by atoms with van der Waals surface area (Å²) in [5, 5.41) is 3.52. The van der Waals surface area contributed by atoms with Crippen LogP contribution in [-0.4, -0.2) is 19.1 Å². The predicted molar refractivity (Wildman–Crippen MR) is 57.9 cm³/mol. The first-order valence-electron chi connectivity index (χ1n) is 4.81. The Balaban J connectivity index is 2.16. The first-order chi connectivity index (χ1) is 7.16. The van der Waals surface area contributed by atoms with Gasteiger partial charge in [0.15, 0.2) is 0 Å². The lowest BCUT2D eigenvalue weighted by atomic mass is 10.1. The maximum Gasteiger partial charge on any atom is 0.246 e. The summed E-state index contributed by atoms with van der Waals surface area (Å²) in [4.78, 5) is 10.9. The summed E-state index contributed by atoms with van der Waals surface area (Å²) in [5.74, 6) is -0.0584. The number of morpholine rings is 1. The van der Waals surface area contributed by atoms with E-state index in [1.807, 2.05) is 25.1 Å². The highest BCUT2D eigenvalue weighted by Crippen LogP contribution is 2.23. The number of halogens is 1. The zero-order chi connectivity index (χ0) is 10.8. The third-order valence-electron chi connectivity index (χ3n) is 2.45. The molecular weight excluding hydrogens is 214 g/mol. The van der Waals surface area contributed by atoms with Crippen LogP contribution in [0.25, 0.3) is 0 Å². The molecule has 0 radical (unpaired) electrons. The number of rotatable bonds is 1. The Morgan fingerprint density at radius 1 is 1.53 bits per heavy atom. The smallest absolute Gasteiger partial charge is 0.246 e. The summed E-state index contributed by atoms with van der Waals surface area (Å²) in [7, 11) is 0.